The second-order valence-corrected chi connectivity index (χ2v) is 6.64. The summed E-state index contributed by atoms with van der Waals surface area (Å²) in [4.78, 5) is 16.8. The number of nitrogens with zero attached hydrogens (tertiary/aromatic N) is 3. The van der Waals surface area contributed by atoms with Gasteiger partial charge in [0.25, 0.3) is 5.56 Å². The van der Waals surface area contributed by atoms with Gasteiger partial charge >= 0.3 is 0 Å². The average Bonchev–Trinajstić information content (AvgIpc) is 2.69. The Hall–Kier alpha value is -2.86. The van der Waals surface area contributed by atoms with Crippen LogP contribution in [0.4, 0.5) is 11.4 Å². The normalized spacial score (nSPS) is 15.5. The molecule has 1 saturated heterocycles. The maximum atomic E-state index is 12.0. The highest BCUT2D eigenvalue weighted by Crippen LogP contribution is 2.31. The number of hydrogen-bond donors (Lipinski definition) is 2. The molecule has 4 rings (SSSR count). The number of nitrogen functional groups attached to an aromatic ring is 1. The predicted molar refractivity (Wildman–Crippen MR) is 107 cm³/mol. The van der Waals surface area contributed by atoms with E-state index in [2.05, 4.69) is 33.0 Å². The summed E-state index contributed by atoms with van der Waals surface area (Å²) in [5.41, 5.74) is 9.66. The molecule has 6 heteroatoms. The van der Waals surface area contributed by atoms with E-state index in [0.717, 1.165) is 60.7 Å². The fourth-order valence-corrected chi connectivity index (χ4v) is 3.63. The van der Waals surface area contributed by atoms with Crippen LogP contribution in [0.1, 0.15) is 6.92 Å². The summed E-state index contributed by atoms with van der Waals surface area (Å²) in [6.45, 7) is 7.37. The number of nitrogens with two attached hydrogens (primary N) is 1. The van der Waals surface area contributed by atoms with Gasteiger partial charge in [-0.05, 0) is 24.7 Å². The van der Waals surface area contributed by atoms with Gasteiger partial charge in [0, 0.05) is 37.1 Å². The molecule has 26 heavy (non-hydrogen) atoms. The zero-order valence-electron chi connectivity index (χ0n) is 14.9. The fourth-order valence-electron chi connectivity index (χ4n) is 3.63. The smallest absolute Gasteiger partial charge is 0.272 e. The van der Waals surface area contributed by atoms with Crippen molar-refractivity contribution in [2.75, 3.05) is 43.4 Å². The third-order valence-corrected chi connectivity index (χ3v) is 5.16. The van der Waals surface area contributed by atoms with Gasteiger partial charge in [0.15, 0.2) is 0 Å². The van der Waals surface area contributed by atoms with Crippen molar-refractivity contribution in [3.8, 4) is 11.3 Å². The van der Waals surface area contributed by atoms with E-state index >= 15 is 0 Å². The first-order valence-corrected chi connectivity index (χ1v) is 9.02. The van der Waals surface area contributed by atoms with E-state index in [4.69, 9.17) is 5.73 Å². The van der Waals surface area contributed by atoms with Gasteiger partial charge < -0.3 is 15.5 Å². The zero-order valence-corrected chi connectivity index (χ0v) is 14.9. The first-order valence-electron chi connectivity index (χ1n) is 9.02. The molecule has 2 heterocycles. The summed E-state index contributed by atoms with van der Waals surface area (Å²) in [6, 6.07) is 13.5. The van der Waals surface area contributed by atoms with E-state index < -0.39 is 0 Å². The maximum absolute atomic E-state index is 12.0. The number of fused-ring (bicyclic) bond motifs is 1. The van der Waals surface area contributed by atoms with Gasteiger partial charge in [0.2, 0.25) is 0 Å². The van der Waals surface area contributed by atoms with Crippen LogP contribution in [0.2, 0.25) is 0 Å². The van der Waals surface area contributed by atoms with Gasteiger partial charge in [0.05, 0.1) is 22.5 Å². The second-order valence-electron chi connectivity index (χ2n) is 6.64. The predicted octanol–water partition coefficient (Wildman–Crippen LogP) is 2.31. The van der Waals surface area contributed by atoms with Crippen LogP contribution in [0.5, 0.6) is 0 Å². The summed E-state index contributed by atoms with van der Waals surface area (Å²) in [6.07, 6.45) is 0. The lowest BCUT2D eigenvalue weighted by Gasteiger charge is -2.36. The van der Waals surface area contributed by atoms with Crippen molar-refractivity contribution in [3.05, 3.63) is 52.8 Å². The van der Waals surface area contributed by atoms with Crippen molar-refractivity contribution < 1.29 is 0 Å². The number of hydrogen-bond acceptors (Lipinski definition) is 5. The number of nitrogens with one attached hydrogen (secondary N) is 1. The van der Waals surface area contributed by atoms with Crippen molar-refractivity contribution in [2.45, 2.75) is 6.92 Å². The third kappa shape index (κ3) is 2.93. The van der Waals surface area contributed by atoms with Crippen LogP contribution in [0.25, 0.3) is 22.0 Å². The number of aromatic amines is 1. The summed E-state index contributed by atoms with van der Waals surface area (Å²) >= 11 is 0. The molecule has 0 spiro atoms. The number of benzene rings is 2. The second kappa shape index (κ2) is 6.80. The Balaban J connectivity index is 1.69. The van der Waals surface area contributed by atoms with Crippen LogP contribution in [0.3, 0.4) is 0 Å². The molecule has 1 aromatic heterocycles. The minimum absolute atomic E-state index is 0.178. The molecular formula is C20H23N5O. The van der Waals surface area contributed by atoms with E-state index in [9.17, 15) is 4.79 Å². The third-order valence-electron chi connectivity index (χ3n) is 5.16. The molecule has 0 unspecified atom stereocenters. The zero-order chi connectivity index (χ0) is 18.1. The van der Waals surface area contributed by atoms with Crippen LogP contribution < -0.4 is 16.2 Å². The Morgan fingerprint density at radius 2 is 1.81 bits per heavy atom. The minimum atomic E-state index is -0.178. The number of anilines is 2. The molecule has 0 radical (unpaired) electrons. The van der Waals surface area contributed by atoms with Gasteiger partial charge in [0.1, 0.15) is 0 Å². The number of likely N-dealkylation sites (N-methyl/N-ethyl adjacent to an activating group) is 1. The van der Waals surface area contributed by atoms with Crippen LogP contribution in [-0.2, 0) is 0 Å². The van der Waals surface area contributed by atoms with Gasteiger partial charge in [-0.3, -0.25) is 4.79 Å². The lowest BCUT2D eigenvalue weighted by Crippen LogP contribution is -2.46. The maximum Gasteiger partial charge on any atom is 0.272 e. The molecule has 0 amide bonds. The molecule has 2 aromatic carbocycles. The quantitative estimate of drug-likeness (QED) is 0.710. The number of rotatable bonds is 3. The summed E-state index contributed by atoms with van der Waals surface area (Å²) in [7, 11) is 0. The Morgan fingerprint density at radius 3 is 2.50 bits per heavy atom. The Morgan fingerprint density at radius 1 is 1.08 bits per heavy atom. The standard InChI is InChI=1S/C20H23N5O/c1-2-24-9-11-25(12-10-24)18-8-7-14(13-17(18)21)19-15-5-3-4-6-16(15)20(26)23-22-19/h3-8,13H,2,9-12,21H2,1H3,(H,23,26). The average molecular weight is 349 g/mol. The minimum Gasteiger partial charge on any atom is -0.397 e. The van der Waals surface area contributed by atoms with Gasteiger partial charge in [-0.25, -0.2) is 5.10 Å². The summed E-state index contributed by atoms with van der Waals surface area (Å²) in [5, 5.41) is 8.32. The first-order chi connectivity index (χ1) is 12.7. The molecule has 1 aliphatic rings. The van der Waals surface area contributed by atoms with Crippen molar-refractivity contribution >= 4 is 22.1 Å². The fraction of sp³-hybridized carbons (Fsp3) is 0.300. The molecule has 134 valence electrons. The van der Waals surface area contributed by atoms with Crippen LogP contribution in [0, 0.1) is 0 Å². The lowest BCUT2D eigenvalue weighted by atomic mass is 10.0. The molecule has 1 aliphatic heterocycles. The highest BCUT2D eigenvalue weighted by Gasteiger charge is 2.18. The number of aromatic nitrogens is 2. The van der Waals surface area contributed by atoms with Gasteiger partial charge in [-0.1, -0.05) is 31.2 Å². The monoisotopic (exact) mass is 349 g/mol. The van der Waals surface area contributed by atoms with E-state index in [1.54, 1.807) is 0 Å². The first kappa shape index (κ1) is 16.6. The molecule has 0 bridgehead atoms. The molecule has 3 N–H and O–H groups in total. The summed E-state index contributed by atoms with van der Waals surface area (Å²) < 4.78 is 0. The van der Waals surface area contributed by atoms with Crippen molar-refractivity contribution in [1.29, 1.82) is 0 Å². The van der Waals surface area contributed by atoms with Crippen molar-refractivity contribution in [3.63, 3.8) is 0 Å². The molecule has 0 aliphatic carbocycles. The van der Waals surface area contributed by atoms with E-state index in [0.29, 0.717) is 5.39 Å². The molecule has 0 saturated carbocycles. The number of piperazine rings is 1. The highest BCUT2D eigenvalue weighted by molar-refractivity contribution is 5.94. The highest BCUT2D eigenvalue weighted by atomic mass is 16.1. The van der Waals surface area contributed by atoms with Crippen LogP contribution in [0.15, 0.2) is 47.3 Å². The molecule has 6 nitrogen and oxygen atoms in total. The summed E-state index contributed by atoms with van der Waals surface area (Å²) in [5.74, 6) is 0. The van der Waals surface area contributed by atoms with Crippen molar-refractivity contribution in [2.24, 2.45) is 0 Å². The largest absolute Gasteiger partial charge is 0.397 e. The van der Waals surface area contributed by atoms with Gasteiger partial charge in [-0.2, -0.15) is 5.10 Å². The van der Waals surface area contributed by atoms with Crippen molar-refractivity contribution in [1.82, 2.24) is 15.1 Å². The van der Waals surface area contributed by atoms with Gasteiger partial charge in [-0.15, -0.1) is 0 Å². The Labute approximate surface area is 152 Å². The van der Waals surface area contributed by atoms with E-state index in [1.165, 1.54) is 0 Å². The Kier molecular flexibility index (Phi) is 4.34. The topological polar surface area (TPSA) is 78.2 Å². The molecule has 1 fully saturated rings. The molecule has 3 aromatic rings. The molecular weight excluding hydrogens is 326 g/mol. The number of H-pyrrole nitrogens is 1. The van der Waals surface area contributed by atoms with Crippen LogP contribution in [-0.4, -0.2) is 47.8 Å². The van der Waals surface area contributed by atoms with E-state index in [-0.39, 0.29) is 5.56 Å². The van der Waals surface area contributed by atoms with Crippen LogP contribution >= 0.6 is 0 Å². The Bertz CT molecular complexity index is 989. The lowest BCUT2D eigenvalue weighted by molar-refractivity contribution is 0.271. The van der Waals surface area contributed by atoms with E-state index in [1.807, 2.05) is 36.4 Å². The SMILES string of the molecule is CCN1CCN(c2ccc(-c3n[nH]c(=O)c4ccccc34)cc2N)CC1. The molecule has 0 atom stereocenters.